The van der Waals surface area contributed by atoms with Crippen LogP contribution in [0.3, 0.4) is 0 Å². The number of benzene rings is 2. The van der Waals surface area contributed by atoms with Crippen molar-refractivity contribution in [2.75, 3.05) is 18.5 Å². The average molecular weight is 338 g/mol. The van der Waals surface area contributed by atoms with Crippen LogP contribution in [-0.2, 0) is 4.79 Å². The Balaban J connectivity index is 1.66. The second-order valence-electron chi connectivity index (χ2n) is 6.06. The number of anilines is 1. The highest BCUT2D eigenvalue weighted by molar-refractivity contribution is 5.97. The van der Waals surface area contributed by atoms with Gasteiger partial charge in [-0.2, -0.15) is 0 Å². The average Bonchev–Trinajstić information content (AvgIpc) is 2.62. The topological polar surface area (TPSA) is 67.4 Å². The first kappa shape index (κ1) is 17.0. The molecule has 0 radical (unpaired) electrons. The predicted octanol–water partition coefficient (Wildman–Crippen LogP) is 3.33. The molecule has 130 valence electrons. The maximum absolute atomic E-state index is 12.4. The van der Waals surface area contributed by atoms with Crippen molar-refractivity contribution < 1.29 is 14.3 Å². The van der Waals surface area contributed by atoms with Gasteiger partial charge < -0.3 is 15.4 Å². The fourth-order valence-electron chi connectivity index (χ4n) is 3.06. The summed E-state index contributed by atoms with van der Waals surface area (Å²) < 4.78 is 5.64. The van der Waals surface area contributed by atoms with E-state index in [-0.39, 0.29) is 17.7 Å². The van der Waals surface area contributed by atoms with Gasteiger partial charge in [-0.3, -0.25) is 9.59 Å². The molecule has 5 heteroatoms. The molecule has 2 N–H and O–H groups in total. The Morgan fingerprint density at radius 2 is 2.00 bits per heavy atom. The lowest BCUT2D eigenvalue weighted by atomic mass is 9.90. The number of nitrogens with one attached hydrogen (secondary N) is 2. The van der Waals surface area contributed by atoms with Gasteiger partial charge in [0, 0.05) is 24.2 Å². The van der Waals surface area contributed by atoms with Crippen LogP contribution in [0.2, 0.25) is 0 Å². The van der Waals surface area contributed by atoms with Crippen molar-refractivity contribution in [1.29, 1.82) is 0 Å². The third kappa shape index (κ3) is 4.18. The van der Waals surface area contributed by atoms with Crippen molar-refractivity contribution in [3.05, 3.63) is 59.7 Å². The number of hydrogen-bond donors (Lipinski definition) is 2. The molecule has 2 amide bonds. The summed E-state index contributed by atoms with van der Waals surface area (Å²) in [6.45, 7) is 3.06. The molecule has 1 heterocycles. The standard InChI is InChI=1S/C20H22N2O3/c1-2-21-20(24)15-6-5-7-16(12-15)22-19(23)13-14-10-11-25-18-9-4-3-8-17(14)18/h3-9,12,14H,2,10-11,13H2,1H3,(H,21,24)(H,22,23)/t14-/m0/s1. The van der Waals surface area contributed by atoms with E-state index in [1.807, 2.05) is 31.2 Å². The number of rotatable bonds is 5. The Kier molecular flexibility index (Phi) is 5.33. The molecule has 0 fully saturated rings. The summed E-state index contributed by atoms with van der Waals surface area (Å²) in [5, 5.41) is 5.65. The zero-order valence-electron chi connectivity index (χ0n) is 14.2. The normalized spacial score (nSPS) is 15.6. The number of fused-ring (bicyclic) bond motifs is 1. The first-order valence-corrected chi connectivity index (χ1v) is 8.57. The molecule has 3 rings (SSSR count). The van der Waals surface area contributed by atoms with E-state index in [4.69, 9.17) is 4.74 Å². The minimum Gasteiger partial charge on any atom is -0.493 e. The molecule has 2 aromatic carbocycles. The number of carbonyl (C=O) groups is 2. The lowest BCUT2D eigenvalue weighted by Crippen LogP contribution is -2.23. The number of para-hydroxylation sites is 1. The first-order valence-electron chi connectivity index (χ1n) is 8.57. The quantitative estimate of drug-likeness (QED) is 0.879. The monoisotopic (exact) mass is 338 g/mol. The van der Waals surface area contributed by atoms with Crippen molar-refractivity contribution in [1.82, 2.24) is 5.32 Å². The Morgan fingerprint density at radius 1 is 1.16 bits per heavy atom. The highest BCUT2D eigenvalue weighted by atomic mass is 16.5. The number of amides is 2. The zero-order chi connectivity index (χ0) is 17.6. The van der Waals surface area contributed by atoms with Gasteiger partial charge in [0.15, 0.2) is 0 Å². The van der Waals surface area contributed by atoms with E-state index in [0.717, 1.165) is 17.7 Å². The summed E-state index contributed by atoms with van der Waals surface area (Å²) in [6.07, 6.45) is 1.22. The van der Waals surface area contributed by atoms with Crippen LogP contribution >= 0.6 is 0 Å². The summed E-state index contributed by atoms with van der Waals surface area (Å²) in [4.78, 5) is 24.3. The molecule has 0 spiro atoms. The van der Waals surface area contributed by atoms with E-state index in [1.54, 1.807) is 24.3 Å². The molecule has 0 bridgehead atoms. The molecule has 0 aliphatic carbocycles. The van der Waals surface area contributed by atoms with Crippen molar-refractivity contribution in [2.45, 2.75) is 25.7 Å². The Morgan fingerprint density at radius 3 is 2.84 bits per heavy atom. The fourth-order valence-corrected chi connectivity index (χ4v) is 3.06. The van der Waals surface area contributed by atoms with E-state index in [1.165, 1.54) is 0 Å². The number of hydrogen-bond acceptors (Lipinski definition) is 3. The third-order valence-electron chi connectivity index (χ3n) is 4.26. The molecular weight excluding hydrogens is 316 g/mol. The molecule has 2 aromatic rings. The fraction of sp³-hybridized carbons (Fsp3) is 0.300. The van der Waals surface area contributed by atoms with E-state index >= 15 is 0 Å². The predicted molar refractivity (Wildman–Crippen MR) is 97.0 cm³/mol. The smallest absolute Gasteiger partial charge is 0.251 e. The summed E-state index contributed by atoms with van der Waals surface area (Å²) in [7, 11) is 0. The van der Waals surface area contributed by atoms with Crippen molar-refractivity contribution >= 4 is 17.5 Å². The Bertz CT molecular complexity index is 773. The second kappa shape index (κ2) is 7.83. The van der Waals surface area contributed by atoms with Crippen LogP contribution in [0.1, 0.15) is 41.6 Å². The van der Waals surface area contributed by atoms with Gasteiger partial charge in [-0.1, -0.05) is 24.3 Å². The van der Waals surface area contributed by atoms with Crippen LogP contribution in [0, 0.1) is 0 Å². The van der Waals surface area contributed by atoms with Gasteiger partial charge in [-0.05, 0) is 49.1 Å². The lowest BCUT2D eigenvalue weighted by molar-refractivity contribution is -0.116. The molecule has 1 atom stereocenters. The van der Waals surface area contributed by atoms with Gasteiger partial charge in [-0.15, -0.1) is 0 Å². The van der Waals surface area contributed by atoms with E-state index in [2.05, 4.69) is 10.6 Å². The van der Waals surface area contributed by atoms with Crippen LogP contribution < -0.4 is 15.4 Å². The third-order valence-corrected chi connectivity index (χ3v) is 4.26. The summed E-state index contributed by atoms with van der Waals surface area (Å²) in [6, 6.07) is 14.8. The SMILES string of the molecule is CCNC(=O)c1cccc(NC(=O)C[C@@H]2CCOc3ccccc32)c1. The first-order chi connectivity index (χ1) is 12.2. The van der Waals surface area contributed by atoms with Gasteiger partial charge in [0.2, 0.25) is 5.91 Å². The van der Waals surface area contributed by atoms with Gasteiger partial charge in [-0.25, -0.2) is 0 Å². The van der Waals surface area contributed by atoms with Crippen LogP contribution in [0.15, 0.2) is 48.5 Å². The van der Waals surface area contributed by atoms with E-state index in [9.17, 15) is 9.59 Å². The minimum absolute atomic E-state index is 0.0604. The van der Waals surface area contributed by atoms with Crippen molar-refractivity contribution in [3.8, 4) is 5.75 Å². The van der Waals surface area contributed by atoms with E-state index < -0.39 is 0 Å². The van der Waals surface area contributed by atoms with Crippen LogP contribution in [0.25, 0.3) is 0 Å². The molecule has 0 aromatic heterocycles. The summed E-state index contributed by atoms with van der Waals surface area (Å²) in [5.74, 6) is 0.813. The van der Waals surface area contributed by atoms with Crippen LogP contribution in [-0.4, -0.2) is 25.0 Å². The van der Waals surface area contributed by atoms with Crippen molar-refractivity contribution in [2.24, 2.45) is 0 Å². The molecule has 1 aliphatic heterocycles. The van der Waals surface area contributed by atoms with Crippen molar-refractivity contribution in [3.63, 3.8) is 0 Å². The Hall–Kier alpha value is -2.82. The molecular formula is C20H22N2O3. The van der Waals surface area contributed by atoms with E-state index in [0.29, 0.717) is 30.8 Å². The highest BCUT2D eigenvalue weighted by Gasteiger charge is 2.23. The highest BCUT2D eigenvalue weighted by Crippen LogP contribution is 2.35. The lowest BCUT2D eigenvalue weighted by Gasteiger charge is -2.25. The molecule has 0 saturated carbocycles. The van der Waals surface area contributed by atoms with Crippen LogP contribution in [0.5, 0.6) is 5.75 Å². The minimum atomic E-state index is -0.142. The van der Waals surface area contributed by atoms with Gasteiger partial charge >= 0.3 is 0 Å². The summed E-state index contributed by atoms with van der Waals surface area (Å²) >= 11 is 0. The second-order valence-corrected chi connectivity index (χ2v) is 6.06. The summed E-state index contributed by atoms with van der Waals surface area (Å²) in [5.41, 5.74) is 2.25. The van der Waals surface area contributed by atoms with Gasteiger partial charge in [0.25, 0.3) is 5.91 Å². The molecule has 0 unspecified atom stereocenters. The molecule has 5 nitrogen and oxygen atoms in total. The number of ether oxygens (including phenoxy) is 1. The zero-order valence-corrected chi connectivity index (χ0v) is 14.2. The Labute approximate surface area is 147 Å². The molecule has 0 saturated heterocycles. The van der Waals surface area contributed by atoms with Gasteiger partial charge in [0.05, 0.1) is 6.61 Å². The maximum atomic E-state index is 12.4. The van der Waals surface area contributed by atoms with Gasteiger partial charge in [0.1, 0.15) is 5.75 Å². The molecule has 1 aliphatic rings. The van der Waals surface area contributed by atoms with Crippen LogP contribution in [0.4, 0.5) is 5.69 Å². The maximum Gasteiger partial charge on any atom is 0.251 e. The number of carbonyl (C=O) groups excluding carboxylic acids is 2. The molecule has 25 heavy (non-hydrogen) atoms. The largest absolute Gasteiger partial charge is 0.493 e.